The molecule has 0 nitrogen and oxygen atoms in total. The molecule has 1 aromatic heterocycles. The highest BCUT2D eigenvalue weighted by atomic mass is 35.5. The summed E-state index contributed by atoms with van der Waals surface area (Å²) in [5.74, 6) is 0. The Hall–Kier alpha value is -1.02. The Morgan fingerprint density at radius 2 is 1.74 bits per heavy atom. The van der Waals surface area contributed by atoms with Crippen molar-refractivity contribution in [1.82, 2.24) is 0 Å². The summed E-state index contributed by atoms with van der Waals surface area (Å²) in [5.41, 5.74) is 1.21. The molecule has 0 aliphatic heterocycles. The molecule has 0 aliphatic rings. The van der Waals surface area contributed by atoms with Crippen molar-refractivity contribution in [2.24, 2.45) is 0 Å². The molecular formula is C16H12Cl2S. The summed E-state index contributed by atoms with van der Waals surface area (Å²) in [6.07, 6.45) is 0.825. The van der Waals surface area contributed by atoms with Gasteiger partial charge in [0.1, 0.15) is 0 Å². The molecule has 0 saturated heterocycles. The van der Waals surface area contributed by atoms with Crippen LogP contribution in [-0.2, 0) is 6.42 Å². The zero-order chi connectivity index (χ0) is 13.2. The number of benzene rings is 2. The summed E-state index contributed by atoms with van der Waals surface area (Å²) in [7, 11) is 0. The van der Waals surface area contributed by atoms with Gasteiger partial charge in [0, 0.05) is 14.6 Å². The summed E-state index contributed by atoms with van der Waals surface area (Å²) < 4.78 is 1.29. The van der Waals surface area contributed by atoms with E-state index in [2.05, 4.69) is 30.3 Å². The van der Waals surface area contributed by atoms with Gasteiger partial charge in [0.05, 0.1) is 5.38 Å². The molecule has 0 aliphatic carbocycles. The van der Waals surface area contributed by atoms with Gasteiger partial charge in [-0.2, -0.15) is 0 Å². The minimum Gasteiger partial charge on any atom is -0.139 e. The zero-order valence-corrected chi connectivity index (χ0v) is 12.5. The third-order valence-electron chi connectivity index (χ3n) is 3.08. The summed E-state index contributed by atoms with van der Waals surface area (Å²) in [6.45, 7) is 0. The maximum Gasteiger partial charge on any atom is 0.0719 e. The van der Waals surface area contributed by atoms with Gasteiger partial charge in [0.15, 0.2) is 0 Å². The van der Waals surface area contributed by atoms with Gasteiger partial charge < -0.3 is 0 Å². The van der Waals surface area contributed by atoms with E-state index in [0.29, 0.717) is 0 Å². The summed E-state index contributed by atoms with van der Waals surface area (Å²) in [5, 5.41) is 2.04. The van der Waals surface area contributed by atoms with Crippen LogP contribution < -0.4 is 0 Å². The predicted octanol–water partition coefficient (Wildman–Crippen LogP) is 6.08. The molecule has 0 spiro atoms. The SMILES string of the molecule is Clc1ccc(CC(Cl)c2cc3ccccc3s2)cc1. The van der Waals surface area contributed by atoms with E-state index in [1.54, 1.807) is 11.3 Å². The Balaban J connectivity index is 1.83. The van der Waals surface area contributed by atoms with Crippen LogP contribution in [-0.4, -0.2) is 0 Å². The van der Waals surface area contributed by atoms with Crippen molar-refractivity contribution in [1.29, 1.82) is 0 Å². The van der Waals surface area contributed by atoms with Crippen LogP contribution in [0.2, 0.25) is 5.02 Å². The van der Waals surface area contributed by atoms with E-state index in [1.807, 2.05) is 24.3 Å². The Kier molecular flexibility index (Phi) is 3.79. The van der Waals surface area contributed by atoms with E-state index in [4.69, 9.17) is 23.2 Å². The van der Waals surface area contributed by atoms with Gasteiger partial charge in [-0.05, 0) is 41.6 Å². The topological polar surface area (TPSA) is 0 Å². The fraction of sp³-hybridized carbons (Fsp3) is 0.125. The van der Waals surface area contributed by atoms with Crippen molar-refractivity contribution >= 4 is 44.6 Å². The molecule has 2 aromatic carbocycles. The van der Waals surface area contributed by atoms with Gasteiger partial charge in [-0.3, -0.25) is 0 Å². The van der Waals surface area contributed by atoms with Gasteiger partial charge in [0.25, 0.3) is 0 Å². The zero-order valence-electron chi connectivity index (χ0n) is 10.1. The highest BCUT2D eigenvalue weighted by molar-refractivity contribution is 7.19. The third-order valence-corrected chi connectivity index (χ3v) is 5.08. The molecular weight excluding hydrogens is 295 g/mol. The van der Waals surface area contributed by atoms with E-state index in [9.17, 15) is 0 Å². The van der Waals surface area contributed by atoms with E-state index in [-0.39, 0.29) is 5.38 Å². The minimum atomic E-state index is 0.0126. The Bertz CT molecular complexity index is 652. The second kappa shape index (κ2) is 5.54. The first-order chi connectivity index (χ1) is 9.22. The van der Waals surface area contributed by atoms with Crippen LogP contribution in [0.15, 0.2) is 54.6 Å². The molecule has 0 bridgehead atoms. The summed E-state index contributed by atoms with van der Waals surface area (Å²) >= 11 is 14.2. The maximum atomic E-state index is 6.53. The third kappa shape index (κ3) is 2.94. The number of hydrogen-bond acceptors (Lipinski definition) is 1. The molecule has 0 amide bonds. The first-order valence-electron chi connectivity index (χ1n) is 6.09. The lowest BCUT2D eigenvalue weighted by Crippen LogP contribution is -1.92. The number of hydrogen-bond donors (Lipinski definition) is 0. The molecule has 19 heavy (non-hydrogen) atoms. The molecule has 0 radical (unpaired) electrons. The Morgan fingerprint density at radius 1 is 1.00 bits per heavy atom. The van der Waals surface area contributed by atoms with Crippen LogP contribution in [0.1, 0.15) is 15.8 Å². The Morgan fingerprint density at radius 3 is 2.47 bits per heavy atom. The highest BCUT2D eigenvalue weighted by Gasteiger charge is 2.12. The lowest BCUT2D eigenvalue weighted by Gasteiger charge is -2.07. The van der Waals surface area contributed by atoms with Crippen molar-refractivity contribution < 1.29 is 0 Å². The molecule has 0 fully saturated rings. The first kappa shape index (κ1) is 13.0. The van der Waals surface area contributed by atoms with E-state index >= 15 is 0 Å². The van der Waals surface area contributed by atoms with Crippen LogP contribution in [0, 0.1) is 0 Å². The lowest BCUT2D eigenvalue weighted by atomic mass is 10.1. The largest absolute Gasteiger partial charge is 0.139 e. The maximum absolute atomic E-state index is 6.53. The molecule has 3 heteroatoms. The second-order valence-electron chi connectivity index (χ2n) is 4.48. The molecule has 3 aromatic rings. The monoisotopic (exact) mass is 306 g/mol. The quantitative estimate of drug-likeness (QED) is 0.515. The summed E-state index contributed by atoms with van der Waals surface area (Å²) in [4.78, 5) is 1.22. The normalized spacial score (nSPS) is 12.7. The number of fused-ring (bicyclic) bond motifs is 1. The average molecular weight is 307 g/mol. The highest BCUT2D eigenvalue weighted by Crippen LogP contribution is 2.34. The molecule has 0 saturated carbocycles. The standard InChI is InChI=1S/C16H12Cl2S/c17-13-7-5-11(6-8-13)9-14(18)16-10-12-3-1-2-4-15(12)19-16/h1-8,10,14H,9H2. The van der Waals surface area contributed by atoms with Crippen LogP contribution in [0.5, 0.6) is 0 Å². The number of alkyl halides is 1. The van der Waals surface area contributed by atoms with Gasteiger partial charge >= 0.3 is 0 Å². The minimum absolute atomic E-state index is 0.0126. The van der Waals surface area contributed by atoms with Crippen molar-refractivity contribution in [3.05, 3.63) is 70.1 Å². The fourth-order valence-corrected chi connectivity index (χ4v) is 3.63. The average Bonchev–Trinajstić information content (AvgIpc) is 2.85. The predicted molar refractivity (Wildman–Crippen MR) is 85.6 cm³/mol. The number of rotatable bonds is 3. The van der Waals surface area contributed by atoms with Crippen LogP contribution in [0.25, 0.3) is 10.1 Å². The summed E-state index contributed by atoms with van der Waals surface area (Å²) in [6, 6.07) is 18.4. The van der Waals surface area contributed by atoms with Crippen LogP contribution in [0.3, 0.4) is 0 Å². The number of halogens is 2. The van der Waals surface area contributed by atoms with E-state index < -0.39 is 0 Å². The molecule has 0 N–H and O–H groups in total. The van der Waals surface area contributed by atoms with Crippen molar-refractivity contribution in [3.8, 4) is 0 Å². The lowest BCUT2D eigenvalue weighted by molar-refractivity contribution is 0.941. The van der Waals surface area contributed by atoms with Crippen molar-refractivity contribution in [2.75, 3.05) is 0 Å². The van der Waals surface area contributed by atoms with Crippen molar-refractivity contribution in [3.63, 3.8) is 0 Å². The second-order valence-corrected chi connectivity index (χ2v) is 6.56. The first-order valence-corrected chi connectivity index (χ1v) is 7.72. The van der Waals surface area contributed by atoms with Gasteiger partial charge in [-0.1, -0.05) is 41.9 Å². The van der Waals surface area contributed by atoms with Crippen molar-refractivity contribution in [2.45, 2.75) is 11.8 Å². The Labute approximate surface area is 126 Å². The molecule has 96 valence electrons. The van der Waals surface area contributed by atoms with Crippen LogP contribution >= 0.6 is 34.5 Å². The van der Waals surface area contributed by atoms with Gasteiger partial charge in [-0.15, -0.1) is 22.9 Å². The van der Waals surface area contributed by atoms with E-state index in [1.165, 1.54) is 20.5 Å². The number of thiophene rings is 1. The molecule has 1 unspecified atom stereocenters. The molecule has 1 heterocycles. The van der Waals surface area contributed by atoms with Crippen LogP contribution in [0.4, 0.5) is 0 Å². The van der Waals surface area contributed by atoms with Gasteiger partial charge in [-0.25, -0.2) is 0 Å². The van der Waals surface area contributed by atoms with Gasteiger partial charge in [0.2, 0.25) is 0 Å². The molecule has 1 atom stereocenters. The fourth-order valence-electron chi connectivity index (χ4n) is 2.08. The smallest absolute Gasteiger partial charge is 0.0719 e. The molecule has 3 rings (SSSR count). The van der Waals surface area contributed by atoms with E-state index in [0.717, 1.165) is 11.4 Å².